The lowest BCUT2D eigenvalue weighted by Gasteiger charge is -1.96. The van der Waals surface area contributed by atoms with Gasteiger partial charge in [0.15, 0.2) is 11.3 Å². The van der Waals surface area contributed by atoms with Crippen LogP contribution in [0.25, 0.3) is 11.0 Å². The van der Waals surface area contributed by atoms with E-state index in [0.29, 0.717) is 34.8 Å². The van der Waals surface area contributed by atoms with Crippen LogP contribution in [-0.2, 0) is 17.9 Å². The molecule has 2 heterocycles. The van der Waals surface area contributed by atoms with E-state index in [4.69, 9.17) is 18.5 Å². The number of fused-ring (bicyclic) bond motifs is 1. The summed E-state index contributed by atoms with van der Waals surface area (Å²) in [6, 6.07) is 6.79. The van der Waals surface area contributed by atoms with Crippen molar-refractivity contribution in [3.63, 3.8) is 0 Å². The minimum Gasteiger partial charge on any atom is -0.497 e. The fraction of sp³-hybridized carbons (Fsp3) is 0.286. The van der Waals surface area contributed by atoms with Crippen molar-refractivity contribution < 1.29 is 18.5 Å². The molecule has 0 bridgehead atoms. The molecule has 0 spiro atoms. The van der Waals surface area contributed by atoms with Gasteiger partial charge in [0.1, 0.15) is 24.6 Å². The van der Waals surface area contributed by atoms with Crippen molar-refractivity contribution in [1.82, 2.24) is 9.90 Å². The second kappa shape index (κ2) is 5.45. The summed E-state index contributed by atoms with van der Waals surface area (Å²) >= 11 is 0. The van der Waals surface area contributed by atoms with Crippen LogP contribution >= 0.6 is 0 Å². The van der Waals surface area contributed by atoms with Gasteiger partial charge in [-0.1, -0.05) is 5.16 Å². The SMILES string of the molecule is COCc1cc(Cn2oc3cc(OC)ccc3c2=O)no1. The van der Waals surface area contributed by atoms with Crippen LogP contribution in [0.4, 0.5) is 0 Å². The van der Waals surface area contributed by atoms with E-state index in [1.807, 2.05) is 0 Å². The molecule has 0 fully saturated rings. The Morgan fingerprint density at radius 3 is 2.90 bits per heavy atom. The molecule has 21 heavy (non-hydrogen) atoms. The summed E-state index contributed by atoms with van der Waals surface area (Å²) in [6.07, 6.45) is 0. The molecule has 110 valence electrons. The van der Waals surface area contributed by atoms with Gasteiger partial charge in [-0.05, 0) is 12.1 Å². The van der Waals surface area contributed by atoms with Gasteiger partial charge in [-0.3, -0.25) is 4.79 Å². The molecule has 1 aromatic carbocycles. The number of hydrogen-bond acceptors (Lipinski definition) is 6. The minimum absolute atomic E-state index is 0.197. The van der Waals surface area contributed by atoms with Crippen molar-refractivity contribution in [3.8, 4) is 5.75 Å². The first-order chi connectivity index (χ1) is 10.2. The smallest absolute Gasteiger partial charge is 0.290 e. The van der Waals surface area contributed by atoms with Gasteiger partial charge in [-0.25, -0.2) is 0 Å². The van der Waals surface area contributed by atoms with Crippen LogP contribution in [0.3, 0.4) is 0 Å². The highest BCUT2D eigenvalue weighted by Gasteiger charge is 2.13. The molecule has 0 radical (unpaired) electrons. The summed E-state index contributed by atoms with van der Waals surface area (Å²) < 4.78 is 21.9. The number of benzene rings is 1. The number of aromatic nitrogens is 2. The summed E-state index contributed by atoms with van der Waals surface area (Å²) in [5.41, 5.74) is 0.846. The zero-order chi connectivity index (χ0) is 14.8. The number of nitrogens with zero attached hydrogens (tertiary/aromatic N) is 2. The molecule has 7 heteroatoms. The molecule has 0 saturated heterocycles. The van der Waals surface area contributed by atoms with Crippen LogP contribution in [0.2, 0.25) is 0 Å². The Morgan fingerprint density at radius 2 is 2.14 bits per heavy atom. The van der Waals surface area contributed by atoms with Crippen molar-refractivity contribution >= 4 is 11.0 Å². The average Bonchev–Trinajstić information content (AvgIpc) is 3.05. The number of rotatable bonds is 5. The summed E-state index contributed by atoms with van der Waals surface area (Å²) in [4.78, 5) is 12.2. The third kappa shape index (κ3) is 2.55. The van der Waals surface area contributed by atoms with Gasteiger partial charge in [0, 0.05) is 19.2 Å². The Bertz CT molecular complexity index is 814. The number of methoxy groups -OCH3 is 2. The summed E-state index contributed by atoms with van der Waals surface area (Å²) in [5.74, 6) is 1.23. The van der Waals surface area contributed by atoms with Crippen molar-refractivity contribution in [2.45, 2.75) is 13.2 Å². The van der Waals surface area contributed by atoms with E-state index < -0.39 is 0 Å². The summed E-state index contributed by atoms with van der Waals surface area (Å²) in [5, 5.41) is 4.37. The van der Waals surface area contributed by atoms with Crippen LogP contribution in [0.1, 0.15) is 11.5 Å². The van der Waals surface area contributed by atoms with Gasteiger partial charge < -0.3 is 18.5 Å². The van der Waals surface area contributed by atoms with E-state index in [1.54, 1.807) is 38.5 Å². The predicted molar refractivity (Wildman–Crippen MR) is 73.3 cm³/mol. The maximum Gasteiger partial charge on any atom is 0.290 e. The molecule has 7 nitrogen and oxygen atoms in total. The summed E-state index contributed by atoms with van der Waals surface area (Å²) in [7, 11) is 3.13. The average molecular weight is 290 g/mol. The third-order valence-electron chi connectivity index (χ3n) is 3.05. The molecule has 0 unspecified atom stereocenters. The van der Waals surface area contributed by atoms with Crippen LogP contribution in [-0.4, -0.2) is 24.1 Å². The Labute approximate surface area is 119 Å². The predicted octanol–water partition coefficient (Wildman–Crippen LogP) is 1.79. The van der Waals surface area contributed by atoms with Crippen LogP contribution in [0.5, 0.6) is 5.75 Å². The fourth-order valence-electron chi connectivity index (χ4n) is 2.07. The lowest BCUT2D eigenvalue weighted by Crippen LogP contribution is -2.14. The van der Waals surface area contributed by atoms with Gasteiger partial charge in [0.05, 0.1) is 12.5 Å². The van der Waals surface area contributed by atoms with Gasteiger partial charge in [-0.15, -0.1) is 0 Å². The van der Waals surface area contributed by atoms with Gasteiger partial charge in [-0.2, -0.15) is 4.74 Å². The largest absolute Gasteiger partial charge is 0.497 e. The molecular weight excluding hydrogens is 276 g/mol. The van der Waals surface area contributed by atoms with Crippen LogP contribution < -0.4 is 10.3 Å². The molecule has 0 aliphatic heterocycles. The highest BCUT2D eigenvalue weighted by Crippen LogP contribution is 2.19. The van der Waals surface area contributed by atoms with E-state index in [2.05, 4.69) is 5.16 Å². The maximum atomic E-state index is 12.2. The highest BCUT2D eigenvalue weighted by atomic mass is 16.5. The zero-order valence-electron chi connectivity index (χ0n) is 11.7. The molecule has 0 amide bonds. The van der Waals surface area contributed by atoms with E-state index in [-0.39, 0.29) is 12.1 Å². The van der Waals surface area contributed by atoms with Crippen LogP contribution in [0.15, 0.2) is 38.1 Å². The molecule has 0 aliphatic carbocycles. The standard InChI is InChI=1S/C14H14N2O5/c1-18-8-11-5-9(15-20-11)7-16-14(17)12-4-3-10(19-2)6-13(12)21-16/h3-6H,7-8H2,1-2H3. The van der Waals surface area contributed by atoms with Crippen molar-refractivity contribution in [2.75, 3.05) is 14.2 Å². The number of ether oxygens (including phenoxy) is 2. The lowest BCUT2D eigenvalue weighted by atomic mass is 10.2. The van der Waals surface area contributed by atoms with E-state index in [1.165, 1.54) is 4.74 Å². The van der Waals surface area contributed by atoms with E-state index >= 15 is 0 Å². The Hall–Kier alpha value is -2.54. The molecule has 0 saturated carbocycles. The monoisotopic (exact) mass is 290 g/mol. The first-order valence-electron chi connectivity index (χ1n) is 6.32. The molecule has 2 aromatic heterocycles. The van der Waals surface area contributed by atoms with Gasteiger partial charge in [0.25, 0.3) is 5.56 Å². The third-order valence-corrected chi connectivity index (χ3v) is 3.05. The van der Waals surface area contributed by atoms with Gasteiger partial charge in [0.2, 0.25) is 0 Å². The molecule has 0 N–H and O–H groups in total. The first kappa shape index (κ1) is 13.4. The van der Waals surface area contributed by atoms with Gasteiger partial charge >= 0.3 is 0 Å². The van der Waals surface area contributed by atoms with E-state index in [0.717, 1.165) is 0 Å². The fourth-order valence-corrected chi connectivity index (χ4v) is 2.07. The number of hydrogen-bond donors (Lipinski definition) is 0. The molecular formula is C14H14N2O5. The minimum atomic E-state index is -0.219. The Morgan fingerprint density at radius 1 is 1.29 bits per heavy atom. The van der Waals surface area contributed by atoms with E-state index in [9.17, 15) is 4.79 Å². The second-order valence-corrected chi connectivity index (χ2v) is 4.51. The topological polar surface area (TPSA) is 79.6 Å². The van der Waals surface area contributed by atoms with Crippen molar-refractivity contribution in [2.24, 2.45) is 0 Å². The normalized spacial score (nSPS) is 11.1. The van der Waals surface area contributed by atoms with Crippen LogP contribution in [0, 0.1) is 0 Å². The molecule has 3 aromatic rings. The zero-order valence-corrected chi connectivity index (χ0v) is 11.7. The molecule has 0 aliphatic rings. The quantitative estimate of drug-likeness (QED) is 0.712. The molecule has 3 rings (SSSR count). The Balaban J connectivity index is 1.92. The molecule has 0 atom stereocenters. The maximum absolute atomic E-state index is 12.2. The Kier molecular flexibility index (Phi) is 3.49. The highest BCUT2D eigenvalue weighted by molar-refractivity contribution is 5.77. The van der Waals surface area contributed by atoms with Crippen molar-refractivity contribution in [3.05, 3.63) is 46.1 Å². The first-order valence-corrected chi connectivity index (χ1v) is 6.32. The lowest BCUT2D eigenvalue weighted by molar-refractivity contribution is 0.155. The summed E-state index contributed by atoms with van der Waals surface area (Å²) in [6.45, 7) is 0.530. The van der Waals surface area contributed by atoms with Crippen molar-refractivity contribution in [1.29, 1.82) is 0 Å². The second-order valence-electron chi connectivity index (χ2n) is 4.51.